The van der Waals surface area contributed by atoms with E-state index in [4.69, 9.17) is 26.2 Å². The lowest BCUT2D eigenvalue weighted by atomic mass is 10.00. The Morgan fingerprint density at radius 2 is 1.88 bits per heavy atom. The van der Waals surface area contributed by atoms with Gasteiger partial charge in [0.05, 0.1) is 35.7 Å². The fourth-order valence-electron chi connectivity index (χ4n) is 3.82. The number of benzene rings is 1. The molecular formula is C23H26N8O. The van der Waals surface area contributed by atoms with Gasteiger partial charge < -0.3 is 26.4 Å². The third kappa shape index (κ3) is 4.13. The van der Waals surface area contributed by atoms with Crippen LogP contribution in [0.15, 0.2) is 36.5 Å². The average molecular weight is 431 g/mol. The van der Waals surface area contributed by atoms with Crippen molar-refractivity contribution in [3.8, 4) is 34.3 Å². The molecule has 3 heterocycles. The van der Waals surface area contributed by atoms with Crippen molar-refractivity contribution in [2.24, 2.45) is 5.73 Å². The van der Waals surface area contributed by atoms with E-state index in [-0.39, 0.29) is 6.04 Å². The van der Waals surface area contributed by atoms with Crippen LogP contribution >= 0.6 is 0 Å². The smallest absolute Gasteiger partial charge is 0.229 e. The van der Waals surface area contributed by atoms with Crippen molar-refractivity contribution >= 4 is 17.5 Å². The lowest BCUT2D eigenvalue weighted by Crippen LogP contribution is -2.40. The number of nitrogen functional groups attached to an aromatic ring is 1. The maximum absolute atomic E-state index is 9.19. The molecule has 164 valence electrons. The van der Waals surface area contributed by atoms with Crippen LogP contribution in [0.5, 0.6) is 5.88 Å². The van der Waals surface area contributed by atoms with Crippen molar-refractivity contribution in [3.05, 3.63) is 42.1 Å². The van der Waals surface area contributed by atoms with E-state index in [1.807, 2.05) is 18.2 Å². The van der Waals surface area contributed by atoms with Crippen LogP contribution in [0.3, 0.4) is 0 Å². The minimum Gasteiger partial charge on any atom is -0.480 e. The molecule has 0 bridgehead atoms. The van der Waals surface area contributed by atoms with Crippen LogP contribution in [-0.4, -0.2) is 48.2 Å². The van der Waals surface area contributed by atoms with Gasteiger partial charge in [0.2, 0.25) is 11.8 Å². The molecule has 0 saturated carbocycles. The molecule has 1 fully saturated rings. The molecule has 1 saturated heterocycles. The first-order valence-electron chi connectivity index (χ1n) is 10.4. The summed E-state index contributed by atoms with van der Waals surface area (Å²) in [7, 11) is 3.35. The van der Waals surface area contributed by atoms with Crippen molar-refractivity contribution in [3.63, 3.8) is 0 Å². The Labute approximate surface area is 187 Å². The molecule has 0 spiro atoms. The number of pyridine rings is 1. The van der Waals surface area contributed by atoms with Crippen LogP contribution in [0.2, 0.25) is 0 Å². The zero-order chi connectivity index (χ0) is 22.7. The van der Waals surface area contributed by atoms with Crippen LogP contribution in [0.1, 0.15) is 18.4 Å². The highest BCUT2D eigenvalue weighted by Crippen LogP contribution is 2.39. The van der Waals surface area contributed by atoms with Crippen LogP contribution in [0, 0.1) is 11.3 Å². The van der Waals surface area contributed by atoms with Crippen molar-refractivity contribution in [1.82, 2.24) is 15.0 Å². The summed E-state index contributed by atoms with van der Waals surface area (Å²) in [6.45, 7) is 1.56. The number of hydrogen-bond acceptors (Lipinski definition) is 9. The van der Waals surface area contributed by atoms with Crippen LogP contribution < -0.4 is 26.4 Å². The average Bonchev–Trinajstić information content (AvgIpc) is 2.83. The molecule has 0 atom stereocenters. The molecule has 5 N–H and O–H groups in total. The largest absolute Gasteiger partial charge is 0.480 e. The molecule has 0 aliphatic carbocycles. The summed E-state index contributed by atoms with van der Waals surface area (Å²) in [6.07, 6.45) is 3.48. The SMILES string of the molecule is CNc1ncc(-c2c(OC)nc(N3CCC(N)CC3)nc2-c2ccc(C#N)cc2)cc1N. The van der Waals surface area contributed by atoms with E-state index in [1.54, 1.807) is 32.5 Å². The Balaban J connectivity index is 1.90. The number of piperidine rings is 1. The number of rotatable bonds is 5. The van der Waals surface area contributed by atoms with Gasteiger partial charge in [-0.15, -0.1) is 0 Å². The van der Waals surface area contributed by atoms with E-state index in [0.29, 0.717) is 40.2 Å². The Morgan fingerprint density at radius 3 is 2.47 bits per heavy atom. The molecule has 9 heteroatoms. The normalized spacial score (nSPS) is 14.1. The van der Waals surface area contributed by atoms with Crippen molar-refractivity contribution in [1.29, 1.82) is 5.26 Å². The third-order valence-corrected chi connectivity index (χ3v) is 5.61. The zero-order valence-corrected chi connectivity index (χ0v) is 18.2. The quantitative estimate of drug-likeness (QED) is 0.557. The molecule has 0 radical (unpaired) electrons. The molecule has 0 amide bonds. The molecule has 9 nitrogen and oxygen atoms in total. The summed E-state index contributed by atoms with van der Waals surface area (Å²) in [6, 6.07) is 11.5. The summed E-state index contributed by atoms with van der Waals surface area (Å²) in [5.41, 5.74) is 16.3. The summed E-state index contributed by atoms with van der Waals surface area (Å²) in [5, 5.41) is 12.2. The number of methoxy groups -OCH3 is 1. The molecule has 3 aromatic rings. The lowest BCUT2D eigenvalue weighted by Gasteiger charge is -2.31. The highest BCUT2D eigenvalue weighted by Gasteiger charge is 2.24. The lowest BCUT2D eigenvalue weighted by molar-refractivity contribution is 0.397. The number of ether oxygens (including phenoxy) is 1. The number of hydrogen-bond donors (Lipinski definition) is 3. The van der Waals surface area contributed by atoms with E-state index in [0.717, 1.165) is 37.1 Å². The highest BCUT2D eigenvalue weighted by molar-refractivity contribution is 5.86. The molecule has 1 aliphatic rings. The van der Waals surface area contributed by atoms with E-state index in [1.165, 1.54) is 0 Å². The van der Waals surface area contributed by atoms with Gasteiger partial charge in [0.1, 0.15) is 5.82 Å². The fraction of sp³-hybridized carbons (Fsp3) is 0.304. The molecule has 2 aromatic heterocycles. The van der Waals surface area contributed by atoms with Gasteiger partial charge in [0.25, 0.3) is 0 Å². The van der Waals surface area contributed by atoms with Crippen molar-refractivity contribution < 1.29 is 4.74 Å². The Kier molecular flexibility index (Phi) is 6.05. The minimum atomic E-state index is 0.199. The number of anilines is 3. The third-order valence-electron chi connectivity index (χ3n) is 5.61. The molecule has 32 heavy (non-hydrogen) atoms. The first-order valence-corrected chi connectivity index (χ1v) is 10.4. The maximum Gasteiger partial charge on any atom is 0.229 e. The van der Waals surface area contributed by atoms with Crippen LogP contribution in [0.4, 0.5) is 17.5 Å². The van der Waals surface area contributed by atoms with E-state index < -0.39 is 0 Å². The van der Waals surface area contributed by atoms with Gasteiger partial charge in [-0.25, -0.2) is 9.97 Å². The van der Waals surface area contributed by atoms with E-state index >= 15 is 0 Å². The standard InChI is InChI=1S/C23H26N8O/c1-27-21-18(26)11-16(13-28-21)19-20(15-5-3-14(12-24)4-6-15)29-23(30-22(19)32-2)31-9-7-17(25)8-10-31/h3-6,11,13,17H,7-10,25-26H2,1-2H3,(H,27,28). The summed E-state index contributed by atoms with van der Waals surface area (Å²) in [5.74, 6) is 1.61. The monoisotopic (exact) mass is 430 g/mol. The van der Waals surface area contributed by atoms with Crippen molar-refractivity contribution in [2.75, 3.05) is 43.2 Å². The van der Waals surface area contributed by atoms with Crippen molar-refractivity contribution in [2.45, 2.75) is 18.9 Å². The highest BCUT2D eigenvalue weighted by atomic mass is 16.5. The minimum absolute atomic E-state index is 0.199. The molecule has 1 aromatic carbocycles. The van der Waals surface area contributed by atoms with Crippen LogP contribution in [-0.2, 0) is 0 Å². The van der Waals surface area contributed by atoms with Gasteiger partial charge in [-0.1, -0.05) is 12.1 Å². The first kappa shape index (κ1) is 21.3. The first-order chi connectivity index (χ1) is 15.5. The second kappa shape index (κ2) is 9.08. The Morgan fingerprint density at radius 1 is 1.16 bits per heavy atom. The fourth-order valence-corrected chi connectivity index (χ4v) is 3.82. The number of nitrogens with zero attached hydrogens (tertiary/aromatic N) is 5. The Hall–Kier alpha value is -3.90. The maximum atomic E-state index is 9.19. The second-order valence-corrected chi connectivity index (χ2v) is 7.68. The van der Waals surface area contributed by atoms with Gasteiger partial charge in [0, 0.05) is 43.5 Å². The molecule has 4 rings (SSSR count). The Bertz CT molecular complexity index is 1150. The number of nitrogens with one attached hydrogen (secondary N) is 1. The second-order valence-electron chi connectivity index (χ2n) is 7.68. The predicted octanol–water partition coefficient (Wildman–Crippen LogP) is 2.64. The number of nitriles is 1. The summed E-state index contributed by atoms with van der Waals surface area (Å²) >= 11 is 0. The van der Waals surface area contributed by atoms with Gasteiger partial charge >= 0.3 is 0 Å². The molecule has 0 unspecified atom stereocenters. The van der Waals surface area contributed by atoms with Gasteiger partial charge in [0.15, 0.2) is 0 Å². The topological polar surface area (TPSA) is 139 Å². The van der Waals surface area contributed by atoms with E-state index in [9.17, 15) is 5.26 Å². The van der Waals surface area contributed by atoms with Gasteiger partial charge in [-0.05, 0) is 31.0 Å². The number of nitrogens with two attached hydrogens (primary N) is 2. The molecule has 1 aliphatic heterocycles. The zero-order valence-electron chi connectivity index (χ0n) is 18.2. The summed E-state index contributed by atoms with van der Waals surface area (Å²) < 4.78 is 5.72. The predicted molar refractivity (Wildman–Crippen MR) is 125 cm³/mol. The number of aromatic nitrogens is 3. The summed E-state index contributed by atoms with van der Waals surface area (Å²) in [4.78, 5) is 16.2. The van der Waals surface area contributed by atoms with Crippen LogP contribution in [0.25, 0.3) is 22.4 Å². The van der Waals surface area contributed by atoms with Gasteiger partial charge in [-0.3, -0.25) is 0 Å². The molecular weight excluding hydrogens is 404 g/mol. The van der Waals surface area contributed by atoms with E-state index in [2.05, 4.69) is 21.3 Å². The van der Waals surface area contributed by atoms with Gasteiger partial charge in [-0.2, -0.15) is 10.2 Å².